The van der Waals surface area contributed by atoms with E-state index < -0.39 is 11.9 Å². The van der Waals surface area contributed by atoms with E-state index >= 15 is 0 Å². The highest BCUT2D eigenvalue weighted by molar-refractivity contribution is 7.17. The maximum Gasteiger partial charge on any atom is 0.335 e. The highest BCUT2D eigenvalue weighted by atomic mass is 32.1. The minimum Gasteiger partial charge on any atom is -0.478 e. The third-order valence-electron chi connectivity index (χ3n) is 4.05. The van der Waals surface area contributed by atoms with Gasteiger partial charge in [-0.1, -0.05) is 29.5 Å². The van der Waals surface area contributed by atoms with E-state index in [9.17, 15) is 14.7 Å². The van der Waals surface area contributed by atoms with Crippen LogP contribution in [0, 0.1) is 13.8 Å². The molecule has 0 fully saturated rings. The Morgan fingerprint density at radius 1 is 0.840 bits per heavy atom. The summed E-state index contributed by atoms with van der Waals surface area (Å²) < 4.78 is 0. The average molecular weight is 354 g/mol. The van der Waals surface area contributed by atoms with Crippen LogP contribution < -0.4 is 0 Å². The van der Waals surface area contributed by atoms with E-state index in [1.54, 1.807) is 31.2 Å². The molecule has 0 radical (unpaired) electrons. The van der Waals surface area contributed by atoms with Crippen LogP contribution in [-0.2, 0) is 0 Å². The van der Waals surface area contributed by atoms with Gasteiger partial charge < -0.3 is 10.2 Å². The van der Waals surface area contributed by atoms with E-state index in [2.05, 4.69) is 10.2 Å². The number of hydrogen-bond acceptors (Lipinski definition) is 5. The normalized spacial score (nSPS) is 10.6. The van der Waals surface area contributed by atoms with Crippen molar-refractivity contribution in [3.63, 3.8) is 0 Å². The standard InChI is InChI=1S/C18H14N2O4S/c1-9-10(2)14(18(23)24)8-7-13(9)16-20-19-15(25-16)11-3-5-12(6-4-11)17(21)22/h3-8H,1-2H3,(H,21,22)(H,23,24). The molecule has 0 saturated heterocycles. The number of hydrogen-bond donors (Lipinski definition) is 2. The van der Waals surface area contributed by atoms with E-state index in [4.69, 9.17) is 5.11 Å². The molecule has 0 aliphatic heterocycles. The third kappa shape index (κ3) is 3.14. The predicted octanol–water partition coefficient (Wildman–Crippen LogP) is 3.89. The molecule has 126 valence electrons. The van der Waals surface area contributed by atoms with E-state index in [1.807, 2.05) is 6.92 Å². The second-order valence-electron chi connectivity index (χ2n) is 5.51. The van der Waals surface area contributed by atoms with E-state index in [1.165, 1.54) is 23.5 Å². The van der Waals surface area contributed by atoms with Gasteiger partial charge in [0.25, 0.3) is 0 Å². The summed E-state index contributed by atoms with van der Waals surface area (Å²) in [6.45, 7) is 3.63. The molecule has 0 spiro atoms. The van der Waals surface area contributed by atoms with E-state index in [0.717, 1.165) is 16.7 Å². The number of rotatable bonds is 4. The lowest BCUT2D eigenvalue weighted by molar-refractivity contribution is 0.0685. The summed E-state index contributed by atoms with van der Waals surface area (Å²) in [6, 6.07) is 9.75. The summed E-state index contributed by atoms with van der Waals surface area (Å²) in [7, 11) is 0. The van der Waals surface area contributed by atoms with Gasteiger partial charge in [0.2, 0.25) is 0 Å². The van der Waals surface area contributed by atoms with Crippen molar-refractivity contribution in [2.45, 2.75) is 13.8 Å². The second kappa shape index (κ2) is 6.45. The third-order valence-corrected chi connectivity index (χ3v) is 5.06. The first-order chi connectivity index (χ1) is 11.9. The van der Waals surface area contributed by atoms with Gasteiger partial charge in [0.1, 0.15) is 10.0 Å². The average Bonchev–Trinajstić information content (AvgIpc) is 3.06. The van der Waals surface area contributed by atoms with Crippen molar-refractivity contribution in [2.24, 2.45) is 0 Å². The lowest BCUT2D eigenvalue weighted by atomic mass is 9.98. The van der Waals surface area contributed by atoms with Gasteiger partial charge in [0, 0.05) is 11.1 Å². The summed E-state index contributed by atoms with van der Waals surface area (Å²) in [5.41, 5.74) is 3.66. The zero-order valence-electron chi connectivity index (χ0n) is 13.5. The summed E-state index contributed by atoms with van der Waals surface area (Å²) in [4.78, 5) is 22.1. The molecule has 2 aromatic carbocycles. The molecule has 0 unspecified atom stereocenters. The molecule has 25 heavy (non-hydrogen) atoms. The largest absolute Gasteiger partial charge is 0.478 e. The number of carboxylic acid groups (broad SMARTS) is 2. The number of carboxylic acids is 2. The monoisotopic (exact) mass is 354 g/mol. The van der Waals surface area contributed by atoms with Crippen LogP contribution in [0.1, 0.15) is 31.8 Å². The van der Waals surface area contributed by atoms with Gasteiger partial charge in [-0.05, 0) is 43.2 Å². The smallest absolute Gasteiger partial charge is 0.335 e. The minimum absolute atomic E-state index is 0.212. The second-order valence-corrected chi connectivity index (χ2v) is 6.49. The molecule has 0 saturated carbocycles. The quantitative estimate of drug-likeness (QED) is 0.737. The van der Waals surface area contributed by atoms with Gasteiger partial charge in [0.05, 0.1) is 11.1 Å². The Labute approximate surface area is 147 Å². The molecule has 0 aliphatic carbocycles. The molecule has 1 aromatic heterocycles. The molecular formula is C18H14N2O4S. The molecule has 6 nitrogen and oxygen atoms in total. The first-order valence-corrected chi connectivity index (χ1v) is 8.21. The van der Waals surface area contributed by atoms with Crippen LogP contribution >= 0.6 is 11.3 Å². The van der Waals surface area contributed by atoms with E-state index in [-0.39, 0.29) is 11.1 Å². The molecule has 1 heterocycles. The van der Waals surface area contributed by atoms with E-state index in [0.29, 0.717) is 15.6 Å². The topological polar surface area (TPSA) is 100 Å². The molecule has 0 bridgehead atoms. The number of nitrogens with zero attached hydrogens (tertiary/aromatic N) is 2. The first kappa shape index (κ1) is 16.8. The number of aromatic carboxylic acids is 2. The van der Waals surface area contributed by atoms with Gasteiger partial charge >= 0.3 is 11.9 Å². The summed E-state index contributed by atoms with van der Waals surface area (Å²) in [5.74, 6) is -1.93. The molecule has 0 amide bonds. The fourth-order valence-corrected chi connectivity index (χ4v) is 3.42. The molecule has 0 atom stereocenters. The van der Waals surface area contributed by atoms with Crippen molar-refractivity contribution in [2.75, 3.05) is 0 Å². The van der Waals surface area contributed by atoms with Crippen molar-refractivity contribution in [1.29, 1.82) is 0 Å². The SMILES string of the molecule is Cc1c(C(=O)O)ccc(-c2nnc(-c3ccc(C(=O)O)cc3)s2)c1C. The number of carbonyl (C=O) groups is 2. The summed E-state index contributed by atoms with van der Waals surface area (Å²) in [6.07, 6.45) is 0. The predicted molar refractivity (Wildman–Crippen MR) is 94.2 cm³/mol. The Balaban J connectivity index is 1.98. The highest BCUT2D eigenvalue weighted by Crippen LogP contribution is 2.33. The minimum atomic E-state index is -0.978. The maximum atomic E-state index is 11.2. The van der Waals surface area contributed by atoms with Gasteiger partial charge in [-0.25, -0.2) is 9.59 Å². The maximum absolute atomic E-state index is 11.2. The Morgan fingerprint density at radius 2 is 1.48 bits per heavy atom. The van der Waals surface area contributed by atoms with Crippen LogP contribution in [-0.4, -0.2) is 32.3 Å². The zero-order valence-corrected chi connectivity index (χ0v) is 14.3. The zero-order chi connectivity index (χ0) is 18.1. The molecule has 2 N–H and O–H groups in total. The van der Waals surface area contributed by atoms with Crippen LogP contribution in [0.15, 0.2) is 36.4 Å². The Kier molecular flexibility index (Phi) is 4.33. The highest BCUT2D eigenvalue weighted by Gasteiger charge is 2.16. The first-order valence-electron chi connectivity index (χ1n) is 7.39. The van der Waals surface area contributed by atoms with Crippen LogP contribution in [0.25, 0.3) is 21.1 Å². The van der Waals surface area contributed by atoms with Crippen LogP contribution in [0.3, 0.4) is 0 Å². The molecule has 0 aliphatic rings. The number of benzene rings is 2. The van der Waals surface area contributed by atoms with Crippen molar-refractivity contribution in [3.05, 3.63) is 58.7 Å². The van der Waals surface area contributed by atoms with Gasteiger partial charge in [-0.3, -0.25) is 0 Å². The number of aromatic nitrogens is 2. The Bertz CT molecular complexity index is 977. The summed E-state index contributed by atoms with van der Waals surface area (Å²) >= 11 is 1.37. The van der Waals surface area contributed by atoms with Crippen molar-refractivity contribution in [3.8, 4) is 21.1 Å². The van der Waals surface area contributed by atoms with Crippen LogP contribution in [0.2, 0.25) is 0 Å². The lowest BCUT2D eigenvalue weighted by Gasteiger charge is -2.08. The van der Waals surface area contributed by atoms with Gasteiger partial charge in [-0.15, -0.1) is 10.2 Å². The molecule has 3 aromatic rings. The lowest BCUT2D eigenvalue weighted by Crippen LogP contribution is -2.02. The molecule has 3 rings (SSSR count). The van der Waals surface area contributed by atoms with Gasteiger partial charge in [-0.2, -0.15) is 0 Å². The van der Waals surface area contributed by atoms with Crippen molar-refractivity contribution >= 4 is 23.3 Å². The van der Waals surface area contributed by atoms with Crippen molar-refractivity contribution in [1.82, 2.24) is 10.2 Å². The fourth-order valence-electron chi connectivity index (χ4n) is 2.49. The fraction of sp³-hybridized carbons (Fsp3) is 0.111. The molecule has 7 heteroatoms. The van der Waals surface area contributed by atoms with Crippen LogP contribution in [0.5, 0.6) is 0 Å². The molecular weight excluding hydrogens is 340 g/mol. The van der Waals surface area contributed by atoms with Gasteiger partial charge in [0.15, 0.2) is 0 Å². The summed E-state index contributed by atoms with van der Waals surface area (Å²) in [5, 5.41) is 27.9. The Morgan fingerprint density at radius 3 is 2.08 bits per heavy atom. The Hall–Kier alpha value is -3.06. The van der Waals surface area contributed by atoms with Crippen LogP contribution in [0.4, 0.5) is 0 Å². The van der Waals surface area contributed by atoms with Crippen molar-refractivity contribution < 1.29 is 19.8 Å².